The van der Waals surface area contributed by atoms with Gasteiger partial charge in [-0.1, -0.05) is 0 Å². The topological polar surface area (TPSA) is 73.9 Å². The van der Waals surface area contributed by atoms with Gasteiger partial charge in [0.15, 0.2) is 5.76 Å². The number of hydrogen-bond acceptors (Lipinski definition) is 6. The fourth-order valence-corrected chi connectivity index (χ4v) is 4.14. The molecule has 1 N–H and O–H groups in total. The molecule has 3 aliphatic rings. The monoisotopic (exact) mass is 445 g/mol. The molecule has 0 saturated heterocycles. The molecular weight excluding hydrogens is 423 g/mol. The quantitative estimate of drug-likeness (QED) is 0.406. The molecule has 1 aliphatic carbocycles. The Balaban J connectivity index is 0.00000280. The molecule has 0 fully saturated rings. The number of ether oxygens (including phenoxy) is 2. The molecule has 28 heavy (non-hydrogen) atoms. The highest BCUT2D eigenvalue weighted by Gasteiger charge is 2.58. The number of allylic oxidation sites excluding steroid dienone is 1. The van der Waals surface area contributed by atoms with Crippen LogP contribution >= 0.6 is 12.4 Å². The molecule has 0 saturated carbocycles. The van der Waals surface area contributed by atoms with Gasteiger partial charge < -0.3 is 14.8 Å². The first-order valence-electron chi connectivity index (χ1n) is 8.31. The lowest BCUT2D eigenvalue weighted by Gasteiger charge is -2.39. The van der Waals surface area contributed by atoms with Gasteiger partial charge >= 0.3 is 15.6 Å². The van der Waals surface area contributed by atoms with E-state index in [4.69, 9.17) is 9.47 Å². The van der Waals surface area contributed by atoms with Crippen LogP contribution in [-0.2, 0) is 23.8 Å². The van der Waals surface area contributed by atoms with Gasteiger partial charge in [0.05, 0.1) is 0 Å². The van der Waals surface area contributed by atoms with Crippen LogP contribution in [-0.4, -0.2) is 38.0 Å². The standard InChI is InChI=1S/C17H22F3NO5S.ClH/c1-14(2)6-10-7-16(24-5,26-27(22,23)17(18,19)20)13-11(12(10)9-21-14)8-15(3,4)25-13;/h7,9,21H,6,8H2,1-5H3;1H. The Morgan fingerprint density at radius 1 is 1.18 bits per heavy atom. The van der Waals surface area contributed by atoms with E-state index in [-0.39, 0.29) is 23.7 Å². The van der Waals surface area contributed by atoms with Crippen LogP contribution in [0.3, 0.4) is 0 Å². The minimum Gasteiger partial charge on any atom is -0.485 e. The van der Waals surface area contributed by atoms with Crippen molar-refractivity contribution in [3.63, 3.8) is 0 Å². The summed E-state index contributed by atoms with van der Waals surface area (Å²) in [5, 5.41) is 3.24. The highest BCUT2D eigenvalue weighted by molar-refractivity contribution is 7.87. The van der Waals surface area contributed by atoms with E-state index >= 15 is 0 Å². The second kappa shape index (κ2) is 6.65. The second-order valence-electron chi connectivity index (χ2n) is 8.13. The zero-order valence-electron chi connectivity index (χ0n) is 16.1. The summed E-state index contributed by atoms with van der Waals surface area (Å²) in [4.78, 5) is 0. The first kappa shape index (κ1) is 23.1. The molecule has 0 amide bonds. The third-order valence-corrected chi connectivity index (χ3v) is 5.70. The van der Waals surface area contributed by atoms with E-state index in [0.717, 1.165) is 12.7 Å². The van der Waals surface area contributed by atoms with Gasteiger partial charge in [-0.15, -0.1) is 12.4 Å². The molecule has 0 aromatic heterocycles. The normalized spacial score (nSPS) is 28.1. The molecule has 2 heterocycles. The molecule has 160 valence electrons. The number of fused-ring (bicyclic) bond motifs is 2. The van der Waals surface area contributed by atoms with E-state index in [9.17, 15) is 21.6 Å². The number of nitrogens with one attached hydrogen (secondary N) is 1. The molecule has 1 unspecified atom stereocenters. The highest BCUT2D eigenvalue weighted by atomic mass is 35.5. The maximum absolute atomic E-state index is 13.0. The van der Waals surface area contributed by atoms with Crippen molar-refractivity contribution in [3.8, 4) is 0 Å². The lowest BCUT2D eigenvalue weighted by molar-refractivity contribution is -0.149. The Kier molecular flexibility index (Phi) is 5.47. The SMILES string of the molecule is COC1(OS(=O)(=O)C(F)(F)F)C=C2CC(C)(C)NC=C2C2=C1OC(C)(C)C2.Cl. The van der Waals surface area contributed by atoms with Crippen molar-refractivity contribution in [2.75, 3.05) is 7.11 Å². The Morgan fingerprint density at radius 2 is 1.79 bits per heavy atom. The fourth-order valence-electron chi connectivity index (χ4n) is 3.52. The van der Waals surface area contributed by atoms with E-state index in [1.54, 1.807) is 20.0 Å². The minimum absolute atomic E-state index is 0. The molecule has 0 aromatic rings. The molecule has 6 nitrogen and oxygen atoms in total. The first-order chi connectivity index (χ1) is 12.1. The van der Waals surface area contributed by atoms with Crippen LogP contribution in [0.25, 0.3) is 0 Å². The van der Waals surface area contributed by atoms with E-state index < -0.39 is 27.0 Å². The maximum Gasteiger partial charge on any atom is 0.523 e. The van der Waals surface area contributed by atoms with Gasteiger partial charge in [0, 0.05) is 36.4 Å². The molecule has 0 aromatic carbocycles. The average molecular weight is 446 g/mol. The van der Waals surface area contributed by atoms with Crippen molar-refractivity contribution in [1.29, 1.82) is 0 Å². The molecule has 0 spiro atoms. The van der Waals surface area contributed by atoms with Gasteiger partial charge in [-0.25, -0.2) is 4.18 Å². The zero-order valence-corrected chi connectivity index (χ0v) is 17.7. The molecule has 3 rings (SSSR count). The van der Waals surface area contributed by atoms with Gasteiger partial charge in [-0.05, 0) is 45.8 Å². The minimum atomic E-state index is -5.93. The number of methoxy groups -OCH3 is 1. The third-order valence-electron chi connectivity index (χ3n) is 4.67. The van der Waals surface area contributed by atoms with E-state index in [0.29, 0.717) is 24.0 Å². The van der Waals surface area contributed by atoms with Crippen LogP contribution in [0.2, 0.25) is 0 Å². The predicted molar refractivity (Wildman–Crippen MR) is 97.9 cm³/mol. The molecule has 2 aliphatic heterocycles. The van der Waals surface area contributed by atoms with Crippen LogP contribution in [0.5, 0.6) is 0 Å². The summed E-state index contributed by atoms with van der Waals surface area (Å²) in [6, 6.07) is 0. The predicted octanol–water partition coefficient (Wildman–Crippen LogP) is 3.67. The first-order valence-corrected chi connectivity index (χ1v) is 9.72. The summed E-state index contributed by atoms with van der Waals surface area (Å²) in [6.45, 7) is 7.35. The molecule has 11 heteroatoms. The van der Waals surface area contributed by atoms with Gasteiger partial charge in [-0.3, -0.25) is 0 Å². The Bertz CT molecular complexity index is 874. The summed E-state index contributed by atoms with van der Waals surface area (Å²) >= 11 is 0. The Morgan fingerprint density at radius 3 is 2.32 bits per heavy atom. The lowest BCUT2D eigenvalue weighted by atomic mass is 9.78. The van der Waals surface area contributed by atoms with Crippen molar-refractivity contribution >= 4 is 22.5 Å². The zero-order chi connectivity index (χ0) is 20.5. The van der Waals surface area contributed by atoms with Gasteiger partial charge in [0.25, 0.3) is 5.79 Å². The van der Waals surface area contributed by atoms with Crippen molar-refractivity contribution in [3.05, 3.63) is 34.8 Å². The van der Waals surface area contributed by atoms with Crippen molar-refractivity contribution < 1.29 is 35.2 Å². The number of halogens is 4. The average Bonchev–Trinajstić information content (AvgIpc) is 2.80. The van der Waals surface area contributed by atoms with Crippen LogP contribution in [0.15, 0.2) is 34.8 Å². The maximum atomic E-state index is 13.0. The van der Waals surface area contributed by atoms with Crippen molar-refractivity contribution in [2.24, 2.45) is 0 Å². The molecule has 0 bridgehead atoms. The van der Waals surface area contributed by atoms with Crippen LogP contribution in [0.4, 0.5) is 13.2 Å². The van der Waals surface area contributed by atoms with E-state index in [2.05, 4.69) is 9.50 Å². The van der Waals surface area contributed by atoms with Gasteiger partial charge in [0.1, 0.15) is 5.60 Å². The van der Waals surface area contributed by atoms with Crippen LogP contribution < -0.4 is 5.32 Å². The lowest BCUT2D eigenvalue weighted by Crippen LogP contribution is -2.46. The smallest absolute Gasteiger partial charge is 0.485 e. The highest BCUT2D eigenvalue weighted by Crippen LogP contribution is 2.52. The Hall–Kier alpha value is -1.23. The summed E-state index contributed by atoms with van der Waals surface area (Å²) in [5.74, 6) is -2.38. The number of hydrogen-bond donors (Lipinski definition) is 1. The summed E-state index contributed by atoms with van der Waals surface area (Å²) < 4.78 is 78.1. The number of rotatable bonds is 3. The number of alkyl halides is 3. The molecule has 1 atom stereocenters. The van der Waals surface area contributed by atoms with Gasteiger partial charge in [0.2, 0.25) is 0 Å². The Labute approximate surface area is 168 Å². The van der Waals surface area contributed by atoms with Gasteiger partial charge in [-0.2, -0.15) is 21.6 Å². The van der Waals surface area contributed by atoms with Crippen LogP contribution in [0, 0.1) is 0 Å². The second-order valence-corrected chi connectivity index (χ2v) is 9.67. The van der Waals surface area contributed by atoms with Crippen LogP contribution in [0.1, 0.15) is 40.5 Å². The third kappa shape index (κ3) is 3.79. The van der Waals surface area contributed by atoms with Crippen molar-refractivity contribution in [2.45, 2.75) is 63.0 Å². The van der Waals surface area contributed by atoms with Crippen molar-refractivity contribution in [1.82, 2.24) is 5.32 Å². The van der Waals surface area contributed by atoms with E-state index in [1.165, 1.54) is 6.08 Å². The largest absolute Gasteiger partial charge is 0.523 e. The van der Waals surface area contributed by atoms with E-state index in [1.807, 2.05) is 13.8 Å². The fraction of sp³-hybridized carbons (Fsp3) is 0.647. The summed E-state index contributed by atoms with van der Waals surface area (Å²) in [6.07, 6.45) is 3.85. The molecular formula is C17H23ClF3NO5S. The molecule has 0 radical (unpaired) electrons. The summed E-state index contributed by atoms with van der Waals surface area (Å²) in [5.41, 5.74) is -4.75. The summed E-state index contributed by atoms with van der Waals surface area (Å²) in [7, 11) is -4.84.